The number of aryl methyl sites for hydroxylation is 1. The van der Waals surface area contributed by atoms with Crippen LogP contribution in [0.25, 0.3) is 0 Å². The molecule has 0 saturated heterocycles. The number of carbonyl (C=O) groups excluding carboxylic acids is 1. The molecule has 2 N–H and O–H groups in total. The molecule has 0 radical (unpaired) electrons. The minimum absolute atomic E-state index is 0.0226. The molecule has 0 aliphatic heterocycles. The number of anilines is 1. The van der Waals surface area contributed by atoms with E-state index in [0.29, 0.717) is 5.56 Å². The first-order valence-electron chi connectivity index (χ1n) is 6.33. The smallest absolute Gasteiger partial charge is 0.259 e. The number of alkyl halides is 1. The van der Waals surface area contributed by atoms with Gasteiger partial charge in [-0.25, -0.2) is 0 Å². The first-order chi connectivity index (χ1) is 9.50. The fraction of sp³-hybridized carbons (Fsp3) is 0.188. The van der Waals surface area contributed by atoms with Gasteiger partial charge >= 0.3 is 0 Å². The number of phenolic OH excluding ortho intramolecular Hbond substituents is 1. The first-order valence-corrected chi connectivity index (χ1v) is 7.25. The number of hydrogen-bond donors (Lipinski definition) is 2. The van der Waals surface area contributed by atoms with Crippen molar-refractivity contribution >= 4 is 27.5 Å². The zero-order valence-corrected chi connectivity index (χ0v) is 12.9. The fourth-order valence-corrected chi connectivity index (χ4v) is 2.39. The molecular weight excluding hydrogens is 318 g/mol. The zero-order valence-electron chi connectivity index (χ0n) is 11.4. The number of halogens is 1. The second-order valence-electron chi connectivity index (χ2n) is 4.63. The summed E-state index contributed by atoms with van der Waals surface area (Å²) in [6.07, 6.45) is 0. The number of aromatic hydroxyl groups is 1. The summed E-state index contributed by atoms with van der Waals surface area (Å²) in [6.45, 7) is 3.76. The number of carbonyl (C=O) groups is 1. The largest absolute Gasteiger partial charge is 0.507 e. The molecule has 0 saturated carbocycles. The van der Waals surface area contributed by atoms with Crippen molar-refractivity contribution < 1.29 is 9.90 Å². The highest BCUT2D eigenvalue weighted by atomic mass is 79.9. The summed E-state index contributed by atoms with van der Waals surface area (Å²) in [5, 5.41) is 12.8. The summed E-state index contributed by atoms with van der Waals surface area (Å²) in [6, 6.07) is 12.7. The lowest BCUT2D eigenvalue weighted by Crippen LogP contribution is -2.13. The Bertz CT molecular complexity index is 638. The molecule has 0 bridgehead atoms. The Kier molecular flexibility index (Phi) is 4.45. The van der Waals surface area contributed by atoms with Gasteiger partial charge in [-0.15, -0.1) is 0 Å². The van der Waals surface area contributed by atoms with Crippen LogP contribution in [0.4, 0.5) is 5.69 Å². The van der Waals surface area contributed by atoms with Gasteiger partial charge in [-0.2, -0.15) is 0 Å². The molecule has 0 aliphatic carbocycles. The number of rotatable bonds is 3. The first kappa shape index (κ1) is 14.6. The maximum Gasteiger partial charge on any atom is 0.259 e. The molecule has 1 unspecified atom stereocenters. The molecule has 20 heavy (non-hydrogen) atoms. The van der Waals surface area contributed by atoms with E-state index in [2.05, 4.69) is 21.2 Å². The van der Waals surface area contributed by atoms with Crippen molar-refractivity contribution in [3.8, 4) is 5.75 Å². The SMILES string of the molecule is Cc1cccc(C(=O)Nc2ccccc2C(C)Br)c1O. The van der Waals surface area contributed by atoms with Crippen LogP contribution in [0.1, 0.15) is 33.2 Å². The summed E-state index contributed by atoms with van der Waals surface area (Å²) in [4.78, 5) is 12.4. The van der Waals surface area contributed by atoms with E-state index < -0.39 is 0 Å². The monoisotopic (exact) mass is 333 g/mol. The number of benzene rings is 2. The van der Waals surface area contributed by atoms with Gasteiger partial charge in [-0.05, 0) is 37.1 Å². The minimum Gasteiger partial charge on any atom is -0.507 e. The highest BCUT2D eigenvalue weighted by Crippen LogP contribution is 2.30. The van der Waals surface area contributed by atoms with Crippen LogP contribution < -0.4 is 5.32 Å². The Hall–Kier alpha value is -1.81. The van der Waals surface area contributed by atoms with Gasteiger partial charge in [-0.1, -0.05) is 46.3 Å². The predicted molar refractivity (Wildman–Crippen MR) is 84.6 cm³/mol. The standard InChI is InChI=1S/C16H16BrNO2/c1-10-6-5-8-13(15(10)19)16(20)18-14-9-4-3-7-12(14)11(2)17/h3-9,11,19H,1-2H3,(H,18,20). The van der Waals surface area contributed by atoms with E-state index in [4.69, 9.17) is 0 Å². The van der Waals surface area contributed by atoms with Crippen LogP contribution in [0.2, 0.25) is 0 Å². The van der Waals surface area contributed by atoms with E-state index in [9.17, 15) is 9.90 Å². The van der Waals surface area contributed by atoms with Crippen molar-refractivity contribution in [1.29, 1.82) is 0 Å². The van der Waals surface area contributed by atoms with Crippen LogP contribution in [-0.2, 0) is 0 Å². The minimum atomic E-state index is -0.313. The number of hydrogen-bond acceptors (Lipinski definition) is 2. The quantitative estimate of drug-likeness (QED) is 0.817. The molecule has 0 heterocycles. The van der Waals surface area contributed by atoms with Gasteiger partial charge in [0, 0.05) is 10.5 Å². The lowest BCUT2D eigenvalue weighted by molar-refractivity contribution is 0.102. The highest BCUT2D eigenvalue weighted by molar-refractivity contribution is 9.09. The van der Waals surface area contributed by atoms with E-state index in [0.717, 1.165) is 11.3 Å². The van der Waals surface area contributed by atoms with Gasteiger partial charge in [0.05, 0.1) is 5.56 Å². The van der Waals surface area contributed by atoms with Gasteiger partial charge in [0.1, 0.15) is 5.75 Å². The highest BCUT2D eigenvalue weighted by Gasteiger charge is 2.15. The van der Waals surface area contributed by atoms with Crippen LogP contribution in [0.15, 0.2) is 42.5 Å². The Morgan fingerprint density at radius 3 is 2.60 bits per heavy atom. The lowest BCUT2D eigenvalue weighted by Gasteiger charge is -2.13. The summed E-state index contributed by atoms with van der Waals surface area (Å²) in [7, 11) is 0. The van der Waals surface area contributed by atoms with E-state index >= 15 is 0 Å². The van der Waals surface area contributed by atoms with Crippen molar-refractivity contribution in [2.75, 3.05) is 5.32 Å². The average Bonchev–Trinajstić information content (AvgIpc) is 2.42. The molecule has 3 nitrogen and oxygen atoms in total. The fourth-order valence-electron chi connectivity index (χ4n) is 1.99. The molecule has 1 atom stereocenters. The number of para-hydroxylation sites is 2. The molecule has 2 aromatic rings. The lowest BCUT2D eigenvalue weighted by atomic mass is 10.1. The Labute approximate surface area is 126 Å². The van der Waals surface area contributed by atoms with Crippen molar-refractivity contribution in [3.05, 3.63) is 59.2 Å². The van der Waals surface area contributed by atoms with Crippen molar-refractivity contribution in [2.45, 2.75) is 18.7 Å². The predicted octanol–water partition coefficient (Wildman–Crippen LogP) is 4.41. The molecule has 1 amide bonds. The second kappa shape index (κ2) is 6.09. The van der Waals surface area contributed by atoms with Gasteiger partial charge in [-0.3, -0.25) is 4.79 Å². The van der Waals surface area contributed by atoms with Crippen LogP contribution in [-0.4, -0.2) is 11.0 Å². The number of nitrogens with one attached hydrogen (secondary N) is 1. The number of phenols is 1. The van der Waals surface area contributed by atoms with Gasteiger partial charge in [0.15, 0.2) is 0 Å². The molecule has 104 valence electrons. The van der Waals surface area contributed by atoms with Gasteiger partial charge < -0.3 is 10.4 Å². The third-order valence-electron chi connectivity index (χ3n) is 3.12. The van der Waals surface area contributed by atoms with Gasteiger partial charge in [0.25, 0.3) is 5.91 Å². The van der Waals surface area contributed by atoms with E-state index in [1.165, 1.54) is 0 Å². The van der Waals surface area contributed by atoms with Crippen LogP contribution in [0.3, 0.4) is 0 Å². The van der Waals surface area contributed by atoms with E-state index in [1.54, 1.807) is 25.1 Å². The molecule has 2 aromatic carbocycles. The summed E-state index contributed by atoms with van der Waals surface area (Å²) in [5.74, 6) is -0.291. The molecule has 0 fully saturated rings. The molecule has 0 aromatic heterocycles. The molecular formula is C16H16BrNO2. The van der Waals surface area contributed by atoms with E-state index in [-0.39, 0.29) is 22.0 Å². The van der Waals surface area contributed by atoms with Gasteiger partial charge in [0.2, 0.25) is 0 Å². The topological polar surface area (TPSA) is 49.3 Å². The van der Waals surface area contributed by atoms with Crippen LogP contribution in [0, 0.1) is 6.92 Å². The average molecular weight is 334 g/mol. The normalized spacial score (nSPS) is 11.9. The second-order valence-corrected chi connectivity index (χ2v) is 6.00. The molecule has 2 rings (SSSR count). The third-order valence-corrected chi connectivity index (χ3v) is 3.61. The molecule has 4 heteroatoms. The summed E-state index contributed by atoms with van der Waals surface area (Å²) in [5.41, 5.74) is 2.69. The van der Waals surface area contributed by atoms with Crippen molar-refractivity contribution in [3.63, 3.8) is 0 Å². The maximum atomic E-state index is 12.3. The summed E-state index contributed by atoms with van der Waals surface area (Å²) >= 11 is 3.50. The molecule has 0 spiro atoms. The summed E-state index contributed by atoms with van der Waals surface area (Å²) < 4.78 is 0. The zero-order chi connectivity index (χ0) is 14.7. The Morgan fingerprint density at radius 1 is 1.20 bits per heavy atom. The third kappa shape index (κ3) is 3.02. The van der Waals surface area contributed by atoms with Crippen LogP contribution >= 0.6 is 15.9 Å². The maximum absolute atomic E-state index is 12.3. The molecule has 0 aliphatic rings. The van der Waals surface area contributed by atoms with E-state index in [1.807, 2.05) is 31.2 Å². The Balaban J connectivity index is 2.31. The van der Waals surface area contributed by atoms with Crippen molar-refractivity contribution in [2.24, 2.45) is 0 Å². The van der Waals surface area contributed by atoms with Crippen LogP contribution in [0.5, 0.6) is 5.75 Å². The Morgan fingerprint density at radius 2 is 1.90 bits per heavy atom. The number of amides is 1. The van der Waals surface area contributed by atoms with Crippen molar-refractivity contribution in [1.82, 2.24) is 0 Å².